The van der Waals surface area contributed by atoms with E-state index < -0.39 is 11.8 Å². The Kier molecular flexibility index (Phi) is 7.02. The number of ether oxygens (including phenoxy) is 2. The molecule has 0 aliphatic carbocycles. The number of para-hydroxylation sites is 2. The van der Waals surface area contributed by atoms with Gasteiger partial charge in [-0.15, -0.1) is 0 Å². The van der Waals surface area contributed by atoms with Gasteiger partial charge in [-0.25, -0.2) is 0 Å². The van der Waals surface area contributed by atoms with Crippen LogP contribution in [-0.2, 0) is 4.79 Å². The molecular weight excluding hydrogens is 332 g/mol. The van der Waals surface area contributed by atoms with Gasteiger partial charge in [0.15, 0.2) is 6.61 Å². The summed E-state index contributed by atoms with van der Waals surface area (Å²) in [6, 6.07) is 14.4. The molecule has 138 valence electrons. The topological polar surface area (TPSA) is 76.7 Å². The lowest BCUT2D eigenvalue weighted by Crippen LogP contribution is -2.44. The first kappa shape index (κ1) is 19.3. The molecule has 0 aliphatic rings. The molecule has 6 nitrogen and oxygen atoms in total. The van der Waals surface area contributed by atoms with E-state index in [-0.39, 0.29) is 6.61 Å². The van der Waals surface area contributed by atoms with E-state index in [0.717, 1.165) is 12.0 Å². The lowest BCUT2D eigenvalue weighted by Gasteiger charge is -2.15. The van der Waals surface area contributed by atoms with Crippen molar-refractivity contribution in [2.24, 2.45) is 0 Å². The highest BCUT2D eigenvalue weighted by Crippen LogP contribution is 2.28. The van der Waals surface area contributed by atoms with Crippen molar-refractivity contribution >= 4 is 11.8 Å². The van der Waals surface area contributed by atoms with Gasteiger partial charge in [0.2, 0.25) is 0 Å². The quantitative estimate of drug-likeness (QED) is 0.748. The summed E-state index contributed by atoms with van der Waals surface area (Å²) in [6.45, 7) is 4.01. The molecule has 2 aromatic rings. The maximum atomic E-state index is 12.1. The monoisotopic (exact) mass is 356 g/mol. The van der Waals surface area contributed by atoms with Crippen LogP contribution in [0.4, 0.5) is 0 Å². The molecule has 6 heteroatoms. The third-order valence-corrected chi connectivity index (χ3v) is 4.09. The van der Waals surface area contributed by atoms with E-state index >= 15 is 0 Å². The molecule has 26 heavy (non-hydrogen) atoms. The predicted molar refractivity (Wildman–Crippen MR) is 99.2 cm³/mol. The fourth-order valence-corrected chi connectivity index (χ4v) is 2.44. The van der Waals surface area contributed by atoms with Crippen LogP contribution in [0.1, 0.15) is 42.1 Å². The average molecular weight is 356 g/mol. The Balaban J connectivity index is 1.89. The number of carbonyl (C=O) groups is 2. The number of hydrogen-bond acceptors (Lipinski definition) is 4. The zero-order valence-electron chi connectivity index (χ0n) is 15.2. The molecule has 0 spiro atoms. The van der Waals surface area contributed by atoms with E-state index in [2.05, 4.69) is 24.7 Å². The Morgan fingerprint density at radius 2 is 1.65 bits per heavy atom. The third-order valence-electron chi connectivity index (χ3n) is 4.09. The summed E-state index contributed by atoms with van der Waals surface area (Å²) in [4.78, 5) is 24.1. The molecular formula is C20H24N2O4. The molecule has 0 saturated carbocycles. The lowest BCUT2D eigenvalue weighted by molar-refractivity contribution is -0.123. The van der Waals surface area contributed by atoms with Crippen molar-refractivity contribution in [2.75, 3.05) is 13.7 Å². The molecule has 0 bridgehead atoms. The minimum atomic E-state index is -0.462. The second kappa shape index (κ2) is 9.46. The Hall–Kier alpha value is -3.02. The molecule has 0 radical (unpaired) electrons. The first-order valence-corrected chi connectivity index (χ1v) is 8.50. The van der Waals surface area contributed by atoms with Gasteiger partial charge in [0.25, 0.3) is 11.8 Å². The molecule has 2 aromatic carbocycles. The highest BCUT2D eigenvalue weighted by molar-refractivity contribution is 5.97. The van der Waals surface area contributed by atoms with Crippen molar-refractivity contribution in [3.63, 3.8) is 0 Å². The molecule has 0 aromatic heterocycles. The smallest absolute Gasteiger partial charge is 0.276 e. The van der Waals surface area contributed by atoms with Gasteiger partial charge in [-0.1, -0.05) is 44.2 Å². The van der Waals surface area contributed by atoms with E-state index in [4.69, 9.17) is 9.47 Å². The van der Waals surface area contributed by atoms with Crippen LogP contribution in [0.2, 0.25) is 0 Å². The van der Waals surface area contributed by atoms with Crippen molar-refractivity contribution in [3.8, 4) is 11.5 Å². The van der Waals surface area contributed by atoms with E-state index in [1.165, 1.54) is 7.11 Å². The summed E-state index contributed by atoms with van der Waals surface area (Å²) in [5.74, 6) is 0.522. The number of hydrazine groups is 1. The minimum absolute atomic E-state index is 0.195. The first-order valence-electron chi connectivity index (χ1n) is 8.50. The van der Waals surface area contributed by atoms with Gasteiger partial charge in [0.05, 0.1) is 12.7 Å². The van der Waals surface area contributed by atoms with Crippen LogP contribution in [0.5, 0.6) is 11.5 Å². The molecule has 1 atom stereocenters. The van der Waals surface area contributed by atoms with Crippen molar-refractivity contribution in [1.29, 1.82) is 0 Å². The van der Waals surface area contributed by atoms with E-state index in [1.54, 1.807) is 24.3 Å². The number of methoxy groups -OCH3 is 1. The van der Waals surface area contributed by atoms with Crippen LogP contribution in [-0.4, -0.2) is 25.5 Å². The maximum Gasteiger partial charge on any atom is 0.276 e. The van der Waals surface area contributed by atoms with Crippen molar-refractivity contribution < 1.29 is 19.1 Å². The van der Waals surface area contributed by atoms with E-state index in [0.29, 0.717) is 23.0 Å². The number of nitrogens with one attached hydrogen (secondary N) is 2. The molecule has 0 saturated heterocycles. The number of rotatable bonds is 7. The molecule has 2 amide bonds. The Bertz CT molecular complexity index is 761. The Morgan fingerprint density at radius 3 is 2.35 bits per heavy atom. The summed E-state index contributed by atoms with van der Waals surface area (Å²) < 4.78 is 10.7. The van der Waals surface area contributed by atoms with Crippen molar-refractivity contribution in [2.45, 2.75) is 26.2 Å². The molecule has 0 fully saturated rings. The van der Waals surface area contributed by atoms with Crippen LogP contribution in [0.25, 0.3) is 0 Å². The van der Waals surface area contributed by atoms with E-state index in [1.807, 2.05) is 24.3 Å². The van der Waals surface area contributed by atoms with Gasteiger partial charge in [-0.2, -0.15) is 0 Å². The summed E-state index contributed by atoms with van der Waals surface area (Å²) in [5, 5.41) is 0. The number of hydrogen-bond donors (Lipinski definition) is 2. The zero-order valence-corrected chi connectivity index (χ0v) is 15.2. The standard InChI is InChI=1S/C20H24N2O4/c1-4-14(2)15-9-5-8-12-18(15)26-13-19(23)21-22-20(24)16-10-6-7-11-17(16)25-3/h5-12,14H,4,13H2,1-3H3,(H,21,23)(H,22,24)/t14-/m1/s1. The summed E-state index contributed by atoms with van der Waals surface area (Å²) in [5.41, 5.74) is 6.09. The molecule has 0 heterocycles. The zero-order chi connectivity index (χ0) is 18.9. The Labute approximate surface area is 153 Å². The van der Waals surface area contributed by atoms with Crippen molar-refractivity contribution in [3.05, 3.63) is 59.7 Å². The van der Waals surface area contributed by atoms with E-state index in [9.17, 15) is 9.59 Å². The predicted octanol–water partition coefficient (Wildman–Crippen LogP) is 3.05. The second-order valence-corrected chi connectivity index (χ2v) is 5.84. The van der Waals surface area contributed by atoms with Gasteiger partial charge in [-0.3, -0.25) is 20.4 Å². The molecule has 0 aliphatic heterocycles. The third kappa shape index (κ3) is 4.99. The minimum Gasteiger partial charge on any atom is -0.496 e. The largest absolute Gasteiger partial charge is 0.496 e. The van der Waals surface area contributed by atoms with Crippen LogP contribution in [0.3, 0.4) is 0 Å². The molecule has 2 rings (SSSR count). The van der Waals surface area contributed by atoms with Gasteiger partial charge < -0.3 is 9.47 Å². The summed E-state index contributed by atoms with van der Waals surface area (Å²) in [6.07, 6.45) is 0.974. The second-order valence-electron chi connectivity index (χ2n) is 5.84. The molecule has 2 N–H and O–H groups in total. The normalized spacial score (nSPS) is 11.3. The van der Waals surface area contributed by atoms with Crippen LogP contribution in [0.15, 0.2) is 48.5 Å². The maximum absolute atomic E-state index is 12.1. The average Bonchev–Trinajstić information content (AvgIpc) is 2.69. The fraction of sp³-hybridized carbons (Fsp3) is 0.300. The van der Waals surface area contributed by atoms with Crippen molar-refractivity contribution in [1.82, 2.24) is 10.9 Å². The summed E-state index contributed by atoms with van der Waals surface area (Å²) in [7, 11) is 1.48. The van der Waals surface area contributed by atoms with Gasteiger partial charge >= 0.3 is 0 Å². The molecule has 0 unspecified atom stereocenters. The van der Waals surface area contributed by atoms with Crippen LogP contribution < -0.4 is 20.3 Å². The van der Waals surface area contributed by atoms with Crippen LogP contribution >= 0.6 is 0 Å². The Morgan fingerprint density at radius 1 is 1.00 bits per heavy atom. The van der Waals surface area contributed by atoms with Gasteiger partial charge in [0, 0.05) is 0 Å². The fourth-order valence-electron chi connectivity index (χ4n) is 2.44. The number of amides is 2. The lowest BCUT2D eigenvalue weighted by atomic mass is 9.98. The number of benzene rings is 2. The first-order chi connectivity index (χ1) is 12.6. The van der Waals surface area contributed by atoms with Gasteiger partial charge in [0.1, 0.15) is 11.5 Å². The highest BCUT2D eigenvalue weighted by Gasteiger charge is 2.14. The van der Waals surface area contributed by atoms with Gasteiger partial charge in [-0.05, 0) is 36.1 Å². The SMILES string of the molecule is CC[C@@H](C)c1ccccc1OCC(=O)NNC(=O)c1ccccc1OC. The summed E-state index contributed by atoms with van der Waals surface area (Å²) >= 11 is 0. The van der Waals surface area contributed by atoms with Crippen LogP contribution in [0, 0.1) is 0 Å². The number of carbonyl (C=O) groups excluding carboxylic acids is 2. The highest BCUT2D eigenvalue weighted by atomic mass is 16.5.